The number of rotatable bonds is 6. The molecule has 0 aliphatic heterocycles. The highest BCUT2D eigenvalue weighted by atomic mass is 19.2. The van der Waals surface area contributed by atoms with E-state index in [0.717, 1.165) is 35.9 Å². The van der Waals surface area contributed by atoms with E-state index in [1.807, 2.05) is 6.92 Å². The third-order valence-corrected chi connectivity index (χ3v) is 4.19. The Bertz CT molecular complexity index is 1080. The molecule has 5 nitrogen and oxygen atoms in total. The number of carbonyl (C=O) groups is 1. The molecule has 1 N–H and O–H groups in total. The first kappa shape index (κ1) is 19.5. The first-order valence-corrected chi connectivity index (χ1v) is 8.86. The fraction of sp³-hybridized carbons (Fsp3) is 0.238. The Kier molecular flexibility index (Phi) is 5.73. The van der Waals surface area contributed by atoms with E-state index in [2.05, 4.69) is 5.32 Å². The monoisotopic (exact) mass is 387 g/mol. The van der Waals surface area contributed by atoms with Crippen molar-refractivity contribution in [1.29, 1.82) is 0 Å². The lowest BCUT2D eigenvalue weighted by Gasteiger charge is -2.15. The average molecular weight is 387 g/mol. The number of anilines is 1. The third kappa shape index (κ3) is 4.36. The van der Waals surface area contributed by atoms with Gasteiger partial charge in [0.1, 0.15) is 11.3 Å². The highest BCUT2D eigenvalue weighted by Crippen LogP contribution is 2.24. The summed E-state index contributed by atoms with van der Waals surface area (Å²) < 4.78 is 37.1. The SMILES string of the molecule is CCCc1cc(=O)oc2cc(OC(C)C(=O)Nc3ccc(F)c(F)c3)ccc12. The quantitative estimate of drug-likeness (QED) is 0.636. The van der Waals surface area contributed by atoms with Crippen LogP contribution >= 0.6 is 0 Å². The minimum absolute atomic E-state index is 0.119. The molecule has 0 aliphatic rings. The first-order valence-electron chi connectivity index (χ1n) is 8.86. The van der Waals surface area contributed by atoms with Gasteiger partial charge in [-0.05, 0) is 43.2 Å². The molecular formula is C21H19F2NO4. The molecule has 0 bridgehead atoms. The van der Waals surface area contributed by atoms with Crippen LogP contribution in [-0.2, 0) is 11.2 Å². The molecule has 146 valence electrons. The summed E-state index contributed by atoms with van der Waals surface area (Å²) in [5.74, 6) is -2.24. The minimum atomic E-state index is -1.06. The maximum Gasteiger partial charge on any atom is 0.336 e. The zero-order valence-corrected chi connectivity index (χ0v) is 15.4. The Hall–Kier alpha value is -3.22. The van der Waals surface area contributed by atoms with Crippen molar-refractivity contribution in [3.05, 3.63) is 70.1 Å². The van der Waals surface area contributed by atoms with Gasteiger partial charge in [0, 0.05) is 29.3 Å². The number of ether oxygens (including phenoxy) is 1. The van der Waals surface area contributed by atoms with Crippen LogP contribution in [0.25, 0.3) is 11.0 Å². The van der Waals surface area contributed by atoms with Gasteiger partial charge >= 0.3 is 5.63 Å². The van der Waals surface area contributed by atoms with Crippen LogP contribution in [0, 0.1) is 11.6 Å². The number of hydrogen-bond donors (Lipinski definition) is 1. The molecule has 1 aromatic heterocycles. The Morgan fingerprint density at radius 1 is 1.14 bits per heavy atom. The molecule has 28 heavy (non-hydrogen) atoms. The second-order valence-corrected chi connectivity index (χ2v) is 6.38. The number of fused-ring (bicyclic) bond motifs is 1. The van der Waals surface area contributed by atoms with Gasteiger partial charge in [0.15, 0.2) is 17.7 Å². The molecule has 0 saturated carbocycles. The predicted octanol–water partition coefficient (Wildman–Crippen LogP) is 4.43. The number of carbonyl (C=O) groups excluding carboxylic acids is 1. The van der Waals surface area contributed by atoms with Crippen molar-refractivity contribution >= 4 is 22.6 Å². The highest BCUT2D eigenvalue weighted by Gasteiger charge is 2.16. The lowest BCUT2D eigenvalue weighted by molar-refractivity contribution is -0.122. The van der Waals surface area contributed by atoms with Gasteiger partial charge in [-0.2, -0.15) is 0 Å². The van der Waals surface area contributed by atoms with E-state index in [1.165, 1.54) is 19.1 Å². The normalized spacial score (nSPS) is 12.0. The fourth-order valence-corrected chi connectivity index (χ4v) is 2.84. The average Bonchev–Trinajstić information content (AvgIpc) is 2.64. The standard InChI is InChI=1S/C21H19F2NO4/c1-3-4-13-9-20(25)28-19-11-15(6-7-16(13)19)27-12(2)21(26)24-14-5-8-17(22)18(23)10-14/h5-12H,3-4H2,1-2H3,(H,24,26). The molecule has 0 saturated heterocycles. The third-order valence-electron chi connectivity index (χ3n) is 4.19. The Morgan fingerprint density at radius 2 is 1.93 bits per heavy atom. The molecule has 1 amide bonds. The summed E-state index contributed by atoms with van der Waals surface area (Å²) in [6.07, 6.45) is 0.712. The fourth-order valence-electron chi connectivity index (χ4n) is 2.84. The number of nitrogens with one attached hydrogen (secondary N) is 1. The second-order valence-electron chi connectivity index (χ2n) is 6.38. The summed E-state index contributed by atoms with van der Waals surface area (Å²) in [5, 5.41) is 3.27. The molecule has 0 aliphatic carbocycles. The second kappa shape index (κ2) is 8.21. The molecule has 3 rings (SSSR count). The summed E-state index contributed by atoms with van der Waals surface area (Å²) in [7, 11) is 0. The smallest absolute Gasteiger partial charge is 0.336 e. The van der Waals surface area contributed by atoms with Gasteiger partial charge < -0.3 is 14.5 Å². The predicted molar refractivity (Wildman–Crippen MR) is 102 cm³/mol. The van der Waals surface area contributed by atoms with Crippen molar-refractivity contribution in [3.8, 4) is 5.75 Å². The summed E-state index contributed by atoms with van der Waals surface area (Å²) in [6, 6.07) is 9.56. The highest BCUT2D eigenvalue weighted by molar-refractivity contribution is 5.94. The summed E-state index contributed by atoms with van der Waals surface area (Å²) in [6.45, 7) is 3.54. The molecule has 7 heteroatoms. The van der Waals surface area contributed by atoms with E-state index < -0.39 is 29.3 Å². The molecule has 2 aromatic carbocycles. The van der Waals surface area contributed by atoms with Crippen molar-refractivity contribution < 1.29 is 22.7 Å². The van der Waals surface area contributed by atoms with Gasteiger partial charge in [-0.1, -0.05) is 13.3 Å². The van der Waals surface area contributed by atoms with Crippen LogP contribution in [0.15, 0.2) is 51.7 Å². The maximum atomic E-state index is 13.3. The van der Waals surface area contributed by atoms with Gasteiger partial charge in [-0.15, -0.1) is 0 Å². The number of halogens is 2. The van der Waals surface area contributed by atoms with Crippen molar-refractivity contribution in [2.75, 3.05) is 5.32 Å². The molecule has 3 aromatic rings. The minimum Gasteiger partial charge on any atom is -0.481 e. The van der Waals surface area contributed by atoms with Crippen molar-refractivity contribution in [2.24, 2.45) is 0 Å². The zero-order chi connectivity index (χ0) is 20.3. The Balaban J connectivity index is 1.76. The number of hydrogen-bond acceptors (Lipinski definition) is 4. The Labute approximate surface area is 159 Å². The van der Waals surface area contributed by atoms with E-state index in [1.54, 1.807) is 18.2 Å². The zero-order valence-electron chi connectivity index (χ0n) is 15.4. The topological polar surface area (TPSA) is 68.5 Å². The van der Waals surface area contributed by atoms with Crippen LogP contribution in [0.1, 0.15) is 25.8 Å². The molecule has 0 radical (unpaired) electrons. The molecule has 1 unspecified atom stereocenters. The van der Waals surface area contributed by atoms with E-state index >= 15 is 0 Å². The first-order chi connectivity index (χ1) is 13.4. The van der Waals surface area contributed by atoms with Crippen LogP contribution in [0.2, 0.25) is 0 Å². The lowest BCUT2D eigenvalue weighted by Crippen LogP contribution is -2.30. The number of aryl methyl sites for hydroxylation is 1. The van der Waals surface area contributed by atoms with E-state index in [4.69, 9.17) is 9.15 Å². The van der Waals surface area contributed by atoms with Crippen LogP contribution in [0.5, 0.6) is 5.75 Å². The van der Waals surface area contributed by atoms with E-state index in [-0.39, 0.29) is 5.69 Å². The van der Waals surface area contributed by atoms with E-state index in [9.17, 15) is 18.4 Å². The molecular weight excluding hydrogens is 368 g/mol. The molecule has 1 atom stereocenters. The lowest BCUT2D eigenvalue weighted by atomic mass is 10.1. The number of benzene rings is 2. The van der Waals surface area contributed by atoms with Crippen LogP contribution in [-0.4, -0.2) is 12.0 Å². The van der Waals surface area contributed by atoms with Crippen molar-refractivity contribution in [3.63, 3.8) is 0 Å². The molecule has 0 fully saturated rings. The van der Waals surface area contributed by atoms with Gasteiger partial charge in [0.2, 0.25) is 0 Å². The summed E-state index contributed by atoms with van der Waals surface area (Å²) in [5.41, 5.74) is 0.941. The molecule has 0 spiro atoms. The maximum absolute atomic E-state index is 13.3. The van der Waals surface area contributed by atoms with Crippen molar-refractivity contribution in [1.82, 2.24) is 0 Å². The van der Waals surface area contributed by atoms with Crippen LogP contribution in [0.3, 0.4) is 0 Å². The van der Waals surface area contributed by atoms with Crippen LogP contribution in [0.4, 0.5) is 14.5 Å². The Morgan fingerprint density at radius 3 is 2.64 bits per heavy atom. The molecule has 1 heterocycles. The summed E-state index contributed by atoms with van der Waals surface area (Å²) in [4.78, 5) is 24.0. The van der Waals surface area contributed by atoms with E-state index in [0.29, 0.717) is 11.3 Å². The van der Waals surface area contributed by atoms with Gasteiger partial charge in [0.05, 0.1) is 0 Å². The van der Waals surface area contributed by atoms with Crippen LogP contribution < -0.4 is 15.7 Å². The largest absolute Gasteiger partial charge is 0.481 e. The number of amides is 1. The summed E-state index contributed by atoms with van der Waals surface area (Å²) >= 11 is 0. The van der Waals surface area contributed by atoms with Gasteiger partial charge in [-0.25, -0.2) is 13.6 Å². The van der Waals surface area contributed by atoms with Crippen molar-refractivity contribution in [2.45, 2.75) is 32.8 Å². The van der Waals surface area contributed by atoms with Gasteiger partial charge in [0.25, 0.3) is 5.91 Å². The van der Waals surface area contributed by atoms with Gasteiger partial charge in [-0.3, -0.25) is 4.79 Å².